The van der Waals surface area contributed by atoms with Gasteiger partial charge in [0.15, 0.2) is 11.8 Å². The van der Waals surface area contributed by atoms with Crippen molar-refractivity contribution in [2.75, 3.05) is 26.3 Å². The van der Waals surface area contributed by atoms with Gasteiger partial charge in [0.1, 0.15) is 0 Å². The maximum Gasteiger partial charge on any atom is 0.335 e. The van der Waals surface area contributed by atoms with Gasteiger partial charge >= 0.3 is 5.97 Å². The number of fused-ring (bicyclic) bond motifs is 5. The van der Waals surface area contributed by atoms with Gasteiger partial charge in [-0.1, -0.05) is 31.4 Å². The van der Waals surface area contributed by atoms with Crippen LogP contribution in [0.5, 0.6) is 0 Å². The Balaban J connectivity index is 1.34. The Morgan fingerprint density at radius 2 is 1.85 bits per heavy atom. The number of benzene rings is 1. The monoisotopic (exact) mass is 636 g/mol. The number of ether oxygens (including phenoxy) is 1. The molecule has 3 aromatic rings. The van der Waals surface area contributed by atoms with Crippen molar-refractivity contribution in [2.24, 2.45) is 4.99 Å². The second-order valence-corrected chi connectivity index (χ2v) is 14.2. The van der Waals surface area contributed by atoms with Gasteiger partial charge in [-0.15, -0.1) is 11.3 Å². The molecule has 236 valence electrons. The van der Waals surface area contributed by atoms with E-state index in [1.165, 1.54) is 6.42 Å². The maximum absolute atomic E-state index is 14.8. The minimum Gasteiger partial charge on any atom is -0.478 e. The molecule has 2 aromatic heterocycles. The highest BCUT2D eigenvalue weighted by molar-refractivity contribution is 7.14. The van der Waals surface area contributed by atoms with Crippen molar-refractivity contribution in [3.8, 4) is 0 Å². The van der Waals surface area contributed by atoms with Crippen LogP contribution in [0.3, 0.4) is 0 Å². The number of amides is 1. The van der Waals surface area contributed by atoms with E-state index in [1.807, 2.05) is 30.6 Å². The van der Waals surface area contributed by atoms with Gasteiger partial charge in [0.25, 0.3) is 5.91 Å². The van der Waals surface area contributed by atoms with Gasteiger partial charge in [-0.25, -0.2) is 9.78 Å². The zero-order chi connectivity index (χ0) is 31.7. The third-order valence-electron chi connectivity index (χ3n) is 10.2. The average Bonchev–Trinajstić information content (AvgIpc) is 3.60. The number of carboxylic acid groups (broad SMARTS) is 1. The fourth-order valence-corrected chi connectivity index (χ4v) is 8.96. The predicted octanol–water partition coefficient (Wildman–Crippen LogP) is 5.95. The van der Waals surface area contributed by atoms with Gasteiger partial charge in [-0.2, -0.15) is 0 Å². The number of nitrogens with zero attached hydrogens (tertiary/aromatic N) is 4. The molecular weight excluding hydrogens is 600 g/mol. The fraction of sp³-hybridized carbons (Fsp3) is 0.417. The first-order chi connectivity index (χ1) is 22.3. The number of hydrogen-bond acceptors (Lipinski definition) is 7. The number of ketones is 1. The number of carboxylic acids is 1. The lowest BCUT2D eigenvalue weighted by Crippen LogP contribution is -2.48. The molecule has 2 fully saturated rings. The highest BCUT2D eigenvalue weighted by Gasteiger charge is 2.45. The number of allylic oxidation sites excluding steroid dienone is 3. The van der Waals surface area contributed by atoms with E-state index in [4.69, 9.17) is 9.73 Å². The Morgan fingerprint density at radius 3 is 2.57 bits per heavy atom. The number of thiazole rings is 1. The Kier molecular flexibility index (Phi) is 7.17. The van der Waals surface area contributed by atoms with Gasteiger partial charge in [0.2, 0.25) is 0 Å². The largest absolute Gasteiger partial charge is 0.478 e. The molecule has 2 atom stereocenters. The van der Waals surface area contributed by atoms with Crippen LogP contribution in [-0.4, -0.2) is 75.3 Å². The maximum atomic E-state index is 14.8. The first kappa shape index (κ1) is 29.3. The number of aromatic nitrogens is 2. The molecule has 1 saturated heterocycles. The van der Waals surface area contributed by atoms with Crippen molar-refractivity contribution in [3.63, 3.8) is 0 Å². The van der Waals surface area contributed by atoms with Crippen LogP contribution < -0.4 is 0 Å². The van der Waals surface area contributed by atoms with E-state index >= 15 is 0 Å². The zero-order valence-electron chi connectivity index (χ0n) is 26.0. The van der Waals surface area contributed by atoms with Gasteiger partial charge in [-0.05, 0) is 68.0 Å². The van der Waals surface area contributed by atoms with Crippen molar-refractivity contribution >= 4 is 51.2 Å². The van der Waals surface area contributed by atoms with Gasteiger partial charge < -0.3 is 19.3 Å². The number of rotatable bonds is 4. The smallest absolute Gasteiger partial charge is 0.335 e. The first-order valence-electron chi connectivity index (χ1n) is 16.3. The van der Waals surface area contributed by atoms with E-state index in [0.717, 1.165) is 74.8 Å². The molecule has 10 heteroatoms. The highest BCUT2D eigenvalue weighted by atomic mass is 32.1. The molecule has 9 nitrogen and oxygen atoms in total. The fourth-order valence-electron chi connectivity index (χ4n) is 8.06. The Bertz CT molecular complexity index is 1950. The average molecular weight is 637 g/mol. The Morgan fingerprint density at radius 1 is 1.07 bits per heavy atom. The van der Waals surface area contributed by atoms with E-state index in [1.54, 1.807) is 28.4 Å². The molecule has 0 bridgehead atoms. The lowest BCUT2D eigenvalue weighted by atomic mass is 9.76. The number of carbonyl (C=O) groups is 3. The normalized spacial score (nSPS) is 23.2. The zero-order valence-corrected chi connectivity index (χ0v) is 26.9. The summed E-state index contributed by atoms with van der Waals surface area (Å²) in [5.74, 6) is -1.26. The van der Waals surface area contributed by atoms with Gasteiger partial charge in [-0.3, -0.25) is 14.6 Å². The van der Waals surface area contributed by atoms with E-state index in [2.05, 4.69) is 17.1 Å². The Hall–Kier alpha value is -4.15. The topological polar surface area (TPSA) is 114 Å². The molecule has 46 heavy (non-hydrogen) atoms. The molecule has 1 N–H and O–H groups in total. The quantitative estimate of drug-likeness (QED) is 0.354. The predicted molar refractivity (Wildman–Crippen MR) is 177 cm³/mol. The molecular formula is C36H36N4O5S. The highest BCUT2D eigenvalue weighted by Crippen LogP contribution is 2.50. The molecule has 0 spiro atoms. The minimum atomic E-state index is -1.11. The second-order valence-electron chi connectivity index (χ2n) is 13.0. The van der Waals surface area contributed by atoms with Crippen LogP contribution in [0, 0.1) is 13.8 Å². The molecule has 3 aliphatic heterocycles. The summed E-state index contributed by atoms with van der Waals surface area (Å²) < 4.78 is 7.43. The van der Waals surface area contributed by atoms with E-state index in [0.29, 0.717) is 43.8 Å². The number of aromatic carboxylic acids is 1. The van der Waals surface area contributed by atoms with E-state index in [-0.39, 0.29) is 29.2 Å². The number of morpholine rings is 1. The summed E-state index contributed by atoms with van der Waals surface area (Å²) in [6.07, 6.45) is 12.1. The van der Waals surface area contributed by atoms with E-state index in [9.17, 15) is 19.5 Å². The van der Waals surface area contributed by atoms with Crippen molar-refractivity contribution in [3.05, 3.63) is 80.0 Å². The SMILES string of the molecule is Cc1nc(C)c(C2=NC3CC4=C(C=C3C=C2)c2c(C3CCCCC3)c3ccc(C(=O)O)cc3n2C(C(=O)N2CCOCC2)C4=O)s1. The summed E-state index contributed by atoms with van der Waals surface area (Å²) in [6.45, 7) is 5.66. The number of Topliss-reactive ketones (excluding diaryl/α,β-unsaturated/α-hetero) is 1. The molecule has 5 aliphatic rings. The number of aliphatic imine (C=N–C) groups is 1. The summed E-state index contributed by atoms with van der Waals surface area (Å²) in [4.78, 5) is 53.9. The van der Waals surface area contributed by atoms with Crippen LogP contribution in [0.25, 0.3) is 16.5 Å². The summed E-state index contributed by atoms with van der Waals surface area (Å²) in [7, 11) is 0. The number of aryl methyl sites for hydroxylation is 2. The van der Waals surface area contributed by atoms with Crippen LogP contribution in [0.2, 0.25) is 0 Å². The van der Waals surface area contributed by atoms with Crippen molar-refractivity contribution in [2.45, 2.75) is 70.4 Å². The van der Waals surface area contributed by atoms with Gasteiger partial charge in [0, 0.05) is 36.0 Å². The van der Waals surface area contributed by atoms with E-state index < -0.39 is 12.0 Å². The number of carbonyl (C=O) groups excluding carboxylic acids is 2. The molecule has 8 rings (SSSR count). The summed E-state index contributed by atoms with van der Waals surface area (Å²) in [5.41, 5.74) is 7.15. The molecule has 5 heterocycles. The first-order valence-corrected chi connectivity index (χ1v) is 17.1. The minimum absolute atomic E-state index is 0.139. The van der Waals surface area contributed by atoms with Crippen molar-refractivity contribution < 1.29 is 24.2 Å². The molecule has 1 aromatic carbocycles. The molecule has 1 saturated carbocycles. The standard InChI is InChI=1S/C36H36N4O5S/c1-19-34(46-20(2)37-19)27-11-9-22-16-25-26(18-28(22)38-27)33(41)32(35(42)39-12-14-45-15-13-39)40-29-17-23(36(43)44)8-10-24(29)30(31(25)40)21-6-4-3-5-7-21/h8-11,16-17,21,28,32H,3-7,12-15,18H2,1-2H3,(H,43,44). The third kappa shape index (κ3) is 4.64. The molecule has 2 unspecified atom stereocenters. The number of dihydropyridines is 1. The number of hydrogen-bond donors (Lipinski definition) is 1. The third-order valence-corrected chi connectivity index (χ3v) is 11.3. The molecule has 2 aliphatic carbocycles. The van der Waals surface area contributed by atoms with Crippen LogP contribution in [0.4, 0.5) is 0 Å². The molecule has 0 radical (unpaired) electrons. The second kappa shape index (κ2) is 11.3. The van der Waals surface area contributed by atoms with Crippen molar-refractivity contribution in [1.29, 1.82) is 0 Å². The van der Waals surface area contributed by atoms with Gasteiger partial charge in [0.05, 0.1) is 57.3 Å². The summed E-state index contributed by atoms with van der Waals surface area (Å²) in [5, 5.41) is 11.9. The van der Waals surface area contributed by atoms with Crippen LogP contribution in [0.15, 0.2) is 52.6 Å². The van der Waals surface area contributed by atoms with Crippen LogP contribution in [-0.2, 0) is 14.3 Å². The van der Waals surface area contributed by atoms with Crippen molar-refractivity contribution in [1.82, 2.24) is 14.5 Å². The van der Waals surface area contributed by atoms with Crippen LogP contribution >= 0.6 is 11.3 Å². The molecule has 1 amide bonds. The lowest BCUT2D eigenvalue weighted by Gasteiger charge is -2.37. The summed E-state index contributed by atoms with van der Waals surface area (Å²) >= 11 is 1.62. The van der Waals surface area contributed by atoms with Crippen LogP contribution in [0.1, 0.15) is 87.7 Å². The lowest BCUT2D eigenvalue weighted by molar-refractivity contribution is -0.142. The summed E-state index contributed by atoms with van der Waals surface area (Å²) in [6, 6.07) is 3.85. The Labute approximate surface area is 271 Å².